The molecule has 2 rings (SSSR count). The van der Waals surface area contributed by atoms with E-state index in [9.17, 15) is 8.42 Å². The summed E-state index contributed by atoms with van der Waals surface area (Å²) in [4.78, 5) is 0.265. The second-order valence-electron chi connectivity index (χ2n) is 4.30. The van der Waals surface area contributed by atoms with E-state index < -0.39 is 9.84 Å². The second kappa shape index (κ2) is 5.85. The quantitative estimate of drug-likeness (QED) is 0.855. The molecule has 0 spiro atoms. The summed E-state index contributed by atoms with van der Waals surface area (Å²) in [6.45, 7) is 0. The van der Waals surface area contributed by atoms with Crippen molar-refractivity contribution in [3.8, 4) is 5.75 Å². The lowest BCUT2D eigenvalue weighted by molar-refractivity contribution is 0.414. The number of anilines is 1. The minimum atomic E-state index is -3.44. The van der Waals surface area contributed by atoms with Crippen LogP contribution in [-0.2, 0) is 15.6 Å². The van der Waals surface area contributed by atoms with Crippen molar-refractivity contribution in [2.24, 2.45) is 0 Å². The average Bonchev–Trinajstić information content (AvgIpc) is 2.37. The van der Waals surface area contributed by atoms with Crippen LogP contribution in [0, 0.1) is 0 Å². The van der Waals surface area contributed by atoms with Crippen LogP contribution in [0.15, 0.2) is 51.8 Å². The smallest absolute Gasteiger partial charge is 0.183 e. The first kappa shape index (κ1) is 14.9. The molecule has 0 saturated heterocycles. The number of nitrogen functional groups attached to an aromatic ring is 1. The van der Waals surface area contributed by atoms with Crippen molar-refractivity contribution >= 4 is 31.5 Å². The van der Waals surface area contributed by atoms with Crippen molar-refractivity contribution in [1.29, 1.82) is 0 Å². The molecular weight excluding hydrogens is 342 g/mol. The van der Waals surface area contributed by atoms with E-state index in [-0.39, 0.29) is 10.6 Å². The van der Waals surface area contributed by atoms with Crippen LogP contribution in [0.4, 0.5) is 5.69 Å². The van der Waals surface area contributed by atoms with Gasteiger partial charge in [-0.15, -0.1) is 0 Å². The number of rotatable bonds is 4. The fourth-order valence-electron chi connectivity index (χ4n) is 1.88. The molecule has 0 aliphatic rings. The number of nitrogens with two attached hydrogens (primary N) is 1. The van der Waals surface area contributed by atoms with Crippen LogP contribution in [0.25, 0.3) is 0 Å². The number of hydrogen-bond acceptors (Lipinski definition) is 4. The molecule has 106 valence electrons. The van der Waals surface area contributed by atoms with Gasteiger partial charge in [0.1, 0.15) is 5.75 Å². The molecule has 4 nitrogen and oxygen atoms in total. The monoisotopic (exact) mass is 355 g/mol. The van der Waals surface area contributed by atoms with Crippen LogP contribution in [0.2, 0.25) is 0 Å². The van der Waals surface area contributed by atoms with Crippen LogP contribution in [-0.4, -0.2) is 15.5 Å². The van der Waals surface area contributed by atoms with Crippen LogP contribution in [0.3, 0.4) is 0 Å². The molecule has 0 heterocycles. The van der Waals surface area contributed by atoms with Gasteiger partial charge in [-0.05, 0) is 45.8 Å². The maximum absolute atomic E-state index is 12.4. The Kier molecular flexibility index (Phi) is 4.35. The molecule has 0 amide bonds. The Hall–Kier alpha value is -1.53. The summed E-state index contributed by atoms with van der Waals surface area (Å²) in [7, 11) is -1.93. The summed E-state index contributed by atoms with van der Waals surface area (Å²) < 4.78 is 30.5. The van der Waals surface area contributed by atoms with E-state index in [0.29, 0.717) is 21.5 Å². The van der Waals surface area contributed by atoms with Crippen molar-refractivity contribution < 1.29 is 13.2 Å². The normalized spacial score (nSPS) is 11.3. The predicted molar refractivity (Wildman–Crippen MR) is 82.4 cm³/mol. The molecule has 0 saturated carbocycles. The highest BCUT2D eigenvalue weighted by atomic mass is 79.9. The first-order valence-corrected chi connectivity index (χ1v) is 8.27. The summed E-state index contributed by atoms with van der Waals surface area (Å²) in [6.07, 6.45) is 0. The Bertz CT molecular complexity index is 729. The molecular formula is C14H14BrNO3S. The highest BCUT2D eigenvalue weighted by Crippen LogP contribution is 2.27. The molecule has 6 heteroatoms. The molecule has 0 atom stereocenters. The van der Waals surface area contributed by atoms with Gasteiger partial charge in [0.2, 0.25) is 0 Å². The van der Waals surface area contributed by atoms with E-state index in [4.69, 9.17) is 10.5 Å². The Morgan fingerprint density at radius 3 is 2.55 bits per heavy atom. The molecule has 0 unspecified atom stereocenters. The fraction of sp³-hybridized carbons (Fsp3) is 0.143. The zero-order chi connectivity index (χ0) is 14.8. The van der Waals surface area contributed by atoms with E-state index in [1.165, 1.54) is 7.11 Å². The molecule has 0 aliphatic carbocycles. The molecule has 2 aromatic rings. The van der Waals surface area contributed by atoms with Gasteiger partial charge in [0.05, 0.1) is 17.8 Å². The molecule has 0 aliphatic heterocycles. The number of halogens is 1. The Morgan fingerprint density at radius 2 is 1.90 bits per heavy atom. The summed E-state index contributed by atoms with van der Waals surface area (Å²) in [5, 5.41) is 0. The van der Waals surface area contributed by atoms with E-state index in [2.05, 4.69) is 15.9 Å². The van der Waals surface area contributed by atoms with Crippen molar-refractivity contribution in [3.63, 3.8) is 0 Å². The minimum Gasteiger partial charge on any atom is -0.497 e. The molecule has 0 aromatic heterocycles. The molecule has 0 fully saturated rings. The largest absolute Gasteiger partial charge is 0.497 e. The van der Waals surface area contributed by atoms with Gasteiger partial charge < -0.3 is 10.5 Å². The van der Waals surface area contributed by atoms with Gasteiger partial charge in [-0.25, -0.2) is 8.42 Å². The van der Waals surface area contributed by atoms with E-state index in [1.807, 2.05) is 0 Å². The maximum atomic E-state index is 12.4. The Balaban J connectivity index is 2.38. The summed E-state index contributed by atoms with van der Waals surface area (Å²) in [6, 6.07) is 11.7. The number of ether oxygens (including phenoxy) is 1. The summed E-state index contributed by atoms with van der Waals surface area (Å²) in [5.74, 6) is 0.416. The van der Waals surface area contributed by atoms with Gasteiger partial charge in [-0.1, -0.05) is 12.1 Å². The molecule has 20 heavy (non-hydrogen) atoms. The summed E-state index contributed by atoms with van der Waals surface area (Å²) >= 11 is 3.26. The summed E-state index contributed by atoms with van der Waals surface area (Å²) in [5.41, 5.74) is 6.81. The first-order chi connectivity index (χ1) is 9.42. The maximum Gasteiger partial charge on any atom is 0.183 e. The zero-order valence-electron chi connectivity index (χ0n) is 10.8. The first-order valence-electron chi connectivity index (χ1n) is 5.83. The number of methoxy groups -OCH3 is 1. The van der Waals surface area contributed by atoms with Gasteiger partial charge in [-0.3, -0.25) is 0 Å². The predicted octanol–water partition coefficient (Wildman–Crippen LogP) is 3.01. The molecule has 2 aromatic carbocycles. The molecule has 0 radical (unpaired) electrons. The van der Waals surface area contributed by atoms with Crippen molar-refractivity contribution in [1.82, 2.24) is 0 Å². The lowest BCUT2D eigenvalue weighted by atomic mass is 10.2. The number of benzene rings is 2. The highest BCUT2D eigenvalue weighted by molar-refractivity contribution is 9.10. The Morgan fingerprint density at radius 1 is 1.20 bits per heavy atom. The number of sulfone groups is 1. The van der Waals surface area contributed by atoms with Gasteiger partial charge in [0.25, 0.3) is 0 Å². The van der Waals surface area contributed by atoms with E-state index in [0.717, 1.165) is 0 Å². The average molecular weight is 356 g/mol. The van der Waals surface area contributed by atoms with Gasteiger partial charge in [0, 0.05) is 16.2 Å². The molecule has 0 bridgehead atoms. The van der Waals surface area contributed by atoms with Crippen molar-refractivity contribution in [3.05, 3.63) is 52.5 Å². The van der Waals surface area contributed by atoms with Gasteiger partial charge in [0.15, 0.2) is 9.84 Å². The van der Waals surface area contributed by atoms with Crippen molar-refractivity contribution in [2.75, 3.05) is 12.8 Å². The van der Waals surface area contributed by atoms with Crippen LogP contribution in [0.5, 0.6) is 5.75 Å². The zero-order valence-corrected chi connectivity index (χ0v) is 13.2. The van der Waals surface area contributed by atoms with Gasteiger partial charge >= 0.3 is 0 Å². The van der Waals surface area contributed by atoms with E-state index >= 15 is 0 Å². The third-order valence-corrected chi connectivity index (χ3v) is 5.45. The van der Waals surface area contributed by atoms with Crippen LogP contribution >= 0.6 is 15.9 Å². The highest BCUT2D eigenvalue weighted by Gasteiger charge is 2.18. The van der Waals surface area contributed by atoms with Crippen LogP contribution in [0.1, 0.15) is 5.56 Å². The molecule has 2 N–H and O–H groups in total. The third kappa shape index (κ3) is 3.32. The SMILES string of the molecule is COc1cc(N)cc(CS(=O)(=O)c2ccccc2Br)c1. The minimum absolute atomic E-state index is 0.128. The number of hydrogen-bond donors (Lipinski definition) is 1. The fourth-order valence-corrected chi connectivity index (χ4v) is 4.32. The van der Waals surface area contributed by atoms with Crippen LogP contribution < -0.4 is 10.5 Å². The standard InChI is InChI=1S/C14H14BrNO3S/c1-19-12-7-10(6-11(16)8-12)9-20(17,18)14-5-3-2-4-13(14)15/h2-8H,9,16H2,1H3. The Labute approximate surface area is 126 Å². The lowest BCUT2D eigenvalue weighted by Crippen LogP contribution is -2.06. The van der Waals surface area contributed by atoms with Crippen molar-refractivity contribution in [2.45, 2.75) is 10.6 Å². The third-order valence-electron chi connectivity index (χ3n) is 2.75. The van der Waals surface area contributed by atoms with Gasteiger partial charge in [-0.2, -0.15) is 0 Å². The second-order valence-corrected chi connectivity index (χ2v) is 7.12. The van der Waals surface area contributed by atoms with E-state index in [1.54, 1.807) is 42.5 Å². The lowest BCUT2D eigenvalue weighted by Gasteiger charge is -2.09. The topological polar surface area (TPSA) is 69.4 Å².